The molecule has 1 rings (SSSR count). The van der Waals surface area contributed by atoms with Gasteiger partial charge in [0.1, 0.15) is 0 Å². The van der Waals surface area contributed by atoms with Crippen LogP contribution in [0, 0.1) is 21.4 Å². The zero-order chi connectivity index (χ0) is 12.8. The number of rotatable bonds is 5. The van der Waals surface area contributed by atoms with Gasteiger partial charge in [0.15, 0.2) is 0 Å². The van der Waals surface area contributed by atoms with Crippen LogP contribution in [0.15, 0.2) is 18.2 Å². The Morgan fingerprint density at radius 3 is 2.76 bits per heavy atom. The molecule has 1 aromatic carbocycles. The highest BCUT2D eigenvalue weighted by Gasteiger charge is 2.13. The Labute approximate surface area is 100 Å². The number of nitrogens with zero attached hydrogens (tertiary/aromatic N) is 2. The highest BCUT2D eigenvalue weighted by molar-refractivity contribution is 5.46. The fourth-order valence-electron chi connectivity index (χ4n) is 1.68. The summed E-state index contributed by atoms with van der Waals surface area (Å²) in [6.07, 6.45) is 1.65. The van der Waals surface area contributed by atoms with Gasteiger partial charge in [-0.3, -0.25) is 10.1 Å². The second-order valence-electron chi connectivity index (χ2n) is 3.81. The van der Waals surface area contributed by atoms with Gasteiger partial charge in [0.25, 0.3) is 5.69 Å². The maximum absolute atomic E-state index is 10.6. The van der Waals surface area contributed by atoms with Crippen LogP contribution in [0.1, 0.15) is 24.5 Å². The average molecular weight is 233 g/mol. The molecule has 1 unspecified atom stereocenters. The van der Waals surface area contributed by atoms with Gasteiger partial charge in [0.2, 0.25) is 0 Å². The molecule has 0 aliphatic carbocycles. The summed E-state index contributed by atoms with van der Waals surface area (Å²) in [5, 5.41) is 22.7. The molecule has 0 amide bonds. The van der Waals surface area contributed by atoms with Crippen LogP contribution in [-0.2, 0) is 6.42 Å². The van der Waals surface area contributed by atoms with Crippen molar-refractivity contribution in [3.63, 3.8) is 0 Å². The minimum Gasteiger partial charge on any atom is -0.317 e. The molecule has 0 heterocycles. The first-order valence-corrected chi connectivity index (χ1v) is 5.47. The van der Waals surface area contributed by atoms with Crippen LogP contribution in [0.5, 0.6) is 0 Å². The molecular formula is C12H15N3O2. The number of likely N-dealkylation sites (N-methyl/N-ethyl adjacent to an activating group) is 1. The van der Waals surface area contributed by atoms with Crippen LogP contribution >= 0.6 is 0 Å². The first kappa shape index (κ1) is 13.1. The predicted octanol–water partition coefficient (Wildman–Crippen LogP) is 2.01. The lowest BCUT2D eigenvalue weighted by Gasteiger charge is -2.14. The van der Waals surface area contributed by atoms with Gasteiger partial charge in [0.05, 0.1) is 16.6 Å². The second-order valence-corrected chi connectivity index (χ2v) is 3.81. The van der Waals surface area contributed by atoms with Crippen LogP contribution in [-0.4, -0.2) is 18.0 Å². The van der Waals surface area contributed by atoms with Gasteiger partial charge in [0, 0.05) is 18.2 Å². The maximum atomic E-state index is 10.6. The molecule has 0 aliphatic rings. The summed E-state index contributed by atoms with van der Waals surface area (Å²) in [5.74, 6) is 0. The average Bonchev–Trinajstić information content (AvgIpc) is 2.35. The van der Waals surface area contributed by atoms with Crippen molar-refractivity contribution in [3.8, 4) is 6.07 Å². The summed E-state index contributed by atoms with van der Waals surface area (Å²) in [4.78, 5) is 10.1. The summed E-state index contributed by atoms with van der Waals surface area (Å²) in [7, 11) is 1.87. The Balaban J connectivity index is 3.01. The third-order valence-corrected chi connectivity index (χ3v) is 2.79. The number of nitro groups is 1. The largest absolute Gasteiger partial charge is 0.317 e. The van der Waals surface area contributed by atoms with E-state index in [0.717, 1.165) is 12.0 Å². The van der Waals surface area contributed by atoms with E-state index in [1.54, 1.807) is 6.07 Å². The van der Waals surface area contributed by atoms with Crippen LogP contribution < -0.4 is 5.32 Å². The summed E-state index contributed by atoms with van der Waals surface area (Å²) in [6.45, 7) is 2.05. The Morgan fingerprint density at radius 1 is 1.59 bits per heavy atom. The van der Waals surface area contributed by atoms with E-state index in [1.807, 2.05) is 13.1 Å². The van der Waals surface area contributed by atoms with Crippen molar-refractivity contribution < 1.29 is 4.92 Å². The van der Waals surface area contributed by atoms with Gasteiger partial charge >= 0.3 is 0 Å². The first-order valence-electron chi connectivity index (χ1n) is 5.47. The minimum absolute atomic E-state index is 0.0391. The molecule has 1 N–H and O–H groups in total. The molecule has 0 aromatic heterocycles. The molecule has 0 spiro atoms. The molecule has 5 heteroatoms. The maximum Gasteiger partial charge on any atom is 0.270 e. The van der Waals surface area contributed by atoms with Crippen LogP contribution in [0.4, 0.5) is 5.69 Å². The number of benzene rings is 1. The lowest BCUT2D eigenvalue weighted by molar-refractivity contribution is -0.384. The standard InChI is InChI=1S/C12H15N3O2/c1-3-11(14-2)6-9-4-5-12(15(16)17)7-10(9)8-13/h4-5,7,11,14H,3,6H2,1-2H3. The van der Waals surface area contributed by atoms with Crippen molar-refractivity contribution in [3.05, 3.63) is 39.4 Å². The number of non-ortho nitro benzene ring substituents is 1. The molecule has 0 saturated carbocycles. The number of hydrogen-bond donors (Lipinski definition) is 1. The summed E-state index contributed by atoms with van der Waals surface area (Å²) in [6, 6.07) is 6.73. The summed E-state index contributed by atoms with van der Waals surface area (Å²) in [5.41, 5.74) is 1.19. The van der Waals surface area contributed by atoms with E-state index < -0.39 is 4.92 Å². The van der Waals surface area contributed by atoms with Crippen LogP contribution in [0.2, 0.25) is 0 Å². The molecule has 0 fully saturated rings. The van der Waals surface area contributed by atoms with Gasteiger partial charge in [-0.25, -0.2) is 0 Å². The van der Waals surface area contributed by atoms with E-state index in [1.165, 1.54) is 12.1 Å². The molecule has 0 saturated heterocycles. The van der Waals surface area contributed by atoms with Gasteiger partial charge in [-0.15, -0.1) is 0 Å². The van der Waals surface area contributed by atoms with E-state index in [-0.39, 0.29) is 11.7 Å². The Hall–Kier alpha value is -1.93. The first-order chi connectivity index (χ1) is 8.12. The van der Waals surface area contributed by atoms with E-state index >= 15 is 0 Å². The summed E-state index contributed by atoms with van der Waals surface area (Å²) >= 11 is 0. The van der Waals surface area contributed by atoms with Crippen molar-refractivity contribution >= 4 is 5.69 Å². The highest BCUT2D eigenvalue weighted by atomic mass is 16.6. The molecule has 5 nitrogen and oxygen atoms in total. The van der Waals surface area contributed by atoms with E-state index in [2.05, 4.69) is 12.2 Å². The van der Waals surface area contributed by atoms with Gasteiger partial charge in [-0.2, -0.15) is 5.26 Å². The molecule has 1 aromatic rings. The highest BCUT2D eigenvalue weighted by Crippen LogP contribution is 2.19. The van der Waals surface area contributed by atoms with Gasteiger partial charge in [-0.1, -0.05) is 13.0 Å². The zero-order valence-corrected chi connectivity index (χ0v) is 9.93. The third-order valence-electron chi connectivity index (χ3n) is 2.79. The molecular weight excluding hydrogens is 218 g/mol. The van der Waals surface area contributed by atoms with Crippen LogP contribution in [0.3, 0.4) is 0 Å². The molecule has 90 valence electrons. The minimum atomic E-state index is -0.486. The number of nitro benzene ring substituents is 1. The number of hydrogen-bond acceptors (Lipinski definition) is 4. The molecule has 0 aliphatic heterocycles. The second kappa shape index (κ2) is 5.97. The van der Waals surface area contributed by atoms with Crippen molar-refractivity contribution in [1.29, 1.82) is 5.26 Å². The fourth-order valence-corrected chi connectivity index (χ4v) is 1.68. The quantitative estimate of drug-likeness (QED) is 0.623. The predicted molar refractivity (Wildman–Crippen MR) is 64.7 cm³/mol. The molecule has 1 atom stereocenters. The van der Waals surface area contributed by atoms with Crippen LogP contribution in [0.25, 0.3) is 0 Å². The van der Waals surface area contributed by atoms with Crippen molar-refractivity contribution in [2.75, 3.05) is 7.05 Å². The van der Waals surface area contributed by atoms with Gasteiger partial charge in [-0.05, 0) is 25.5 Å². The number of nitriles is 1. The SMILES string of the molecule is CCC(Cc1ccc([N+](=O)[O-])cc1C#N)NC. The lowest BCUT2D eigenvalue weighted by atomic mass is 9.99. The van der Waals surface area contributed by atoms with E-state index in [0.29, 0.717) is 12.0 Å². The van der Waals surface area contributed by atoms with E-state index in [4.69, 9.17) is 5.26 Å². The Bertz CT molecular complexity index is 448. The zero-order valence-electron chi connectivity index (χ0n) is 9.93. The molecule has 0 bridgehead atoms. The fraction of sp³-hybridized carbons (Fsp3) is 0.417. The lowest BCUT2D eigenvalue weighted by Crippen LogP contribution is -2.26. The normalized spacial score (nSPS) is 11.8. The molecule has 17 heavy (non-hydrogen) atoms. The Morgan fingerprint density at radius 2 is 2.29 bits per heavy atom. The smallest absolute Gasteiger partial charge is 0.270 e. The van der Waals surface area contributed by atoms with E-state index in [9.17, 15) is 10.1 Å². The topological polar surface area (TPSA) is 79.0 Å². The van der Waals surface area contributed by atoms with Crippen molar-refractivity contribution in [1.82, 2.24) is 5.32 Å². The van der Waals surface area contributed by atoms with Gasteiger partial charge < -0.3 is 5.32 Å². The van der Waals surface area contributed by atoms with Crippen molar-refractivity contribution in [2.24, 2.45) is 0 Å². The summed E-state index contributed by atoms with van der Waals surface area (Å²) < 4.78 is 0. The molecule has 0 radical (unpaired) electrons. The third kappa shape index (κ3) is 3.26. The van der Waals surface area contributed by atoms with Crippen molar-refractivity contribution in [2.45, 2.75) is 25.8 Å². The monoisotopic (exact) mass is 233 g/mol. The Kier molecular flexibility index (Phi) is 4.61. The number of nitrogens with one attached hydrogen (secondary N) is 1.